The van der Waals surface area contributed by atoms with Crippen LogP contribution in [0.15, 0.2) is 0 Å². The van der Waals surface area contributed by atoms with E-state index in [1.165, 1.54) is 116 Å². The molecular formula is C62H120O17P2. The standard InChI is InChI=1S/C62H120O17P2/c1-7-10-12-14-15-16-17-18-22-27-33-39-45-60(65)73-51-58(79-61(66)46-40-34-28-23-20-19-21-26-32-37-43-55(6)9-3)53-77-81(70,71)75-49-56(63)48-74-80(68,69)76-52-57(50-72-59(64)44-38-30-13-11-8-2)78-62(67)47-41-35-29-24-25-31-36-42-54(4)5/h54-58,63H,7-53H2,1-6H3,(H,68,69)(H,70,71)/t55?,56-,57+,58+/m0/s1. The van der Waals surface area contributed by atoms with E-state index in [2.05, 4.69) is 41.5 Å². The van der Waals surface area contributed by atoms with Crippen molar-refractivity contribution in [1.82, 2.24) is 0 Å². The van der Waals surface area contributed by atoms with Gasteiger partial charge in [0, 0.05) is 25.7 Å². The fraction of sp³-hybridized carbons (Fsp3) is 0.935. The highest BCUT2D eigenvalue weighted by atomic mass is 31.2. The highest BCUT2D eigenvalue weighted by molar-refractivity contribution is 7.47. The van der Waals surface area contributed by atoms with Gasteiger partial charge in [-0.15, -0.1) is 0 Å². The van der Waals surface area contributed by atoms with Crippen LogP contribution in [0.25, 0.3) is 0 Å². The quantitative estimate of drug-likeness (QED) is 0.0222. The van der Waals surface area contributed by atoms with Crippen molar-refractivity contribution in [1.29, 1.82) is 0 Å². The van der Waals surface area contributed by atoms with Crippen molar-refractivity contribution < 1.29 is 80.2 Å². The Kier molecular flexibility index (Phi) is 53.4. The average molecular weight is 1200 g/mol. The molecule has 0 saturated carbocycles. The van der Waals surface area contributed by atoms with E-state index < -0.39 is 97.5 Å². The number of unbranched alkanes of at least 4 members (excludes halogenated alkanes) is 30. The maximum Gasteiger partial charge on any atom is 0.472 e. The van der Waals surface area contributed by atoms with Crippen molar-refractivity contribution in [2.45, 2.75) is 323 Å². The van der Waals surface area contributed by atoms with E-state index in [1.54, 1.807) is 0 Å². The Balaban J connectivity index is 5.19. The lowest BCUT2D eigenvalue weighted by Gasteiger charge is -2.21. The fourth-order valence-electron chi connectivity index (χ4n) is 9.15. The average Bonchev–Trinajstić information content (AvgIpc) is 3.43. The molecule has 6 atom stereocenters. The molecule has 0 aromatic rings. The van der Waals surface area contributed by atoms with E-state index >= 15 is 0 Å². The van der Waals surface area contributed by atoms with E-state index in [9.17, 15) is 43.2 Å². The molecule has 0 heterocycles. The Bertz CT molecular complexity index is 1600. The van der Waals surface area contributed by atoms with E-state index in [1.807, 2.05) is 0 Å². The second kappa shape index (κ2) is 54.7. The van der Waals surface area contributed by atoms with Crippen LogP contribution in [0.2, 0.25) is 0 Å². The lowest BCUT2D eigenvalue weighted by Crippen LogP contribution is -2.30. The monoisotopic (exact) mass is 1200 g/mol. The van der Waals surface area contributed by atoms with Gasteiger partial charge in [-0.1, -0.05) is 253 Å². The van der Waals surface area contributed by atoms with Crippen LogP contribution in [0, 0.1) is 11.8 Å². The number of hydrogen-bond donors (Lipinski definition) is 3. The summed E-state index contributed by atoms with van der Waals surface area (Å²) in [5.74, 6) is -0.649. The summed E-state index contributed by atoms with van der Waals surface area (Å²) in [5, 5.41) is 10.5. The second-order valence-corrected chi connectivity index (χ2v) is 26.1. The molecule has 0 amide bonds. The Hall–Kier alpha value is -1.94. The topological polar surface area (TPSA) is 237 Å². The molecule has 0 spiro atoms. The second-order valence-electron chi connectivity index (χ2n) is 23.2. The van der Waals surface area contributed by atoms with Gasteiger partial charge in [-0.2, -0.15) is 0 Å². The Labute approximate surface area is 492 Å². The summed E-state index contributed by atoms with van der Waals surface area (Å²) in [5.41, 5.74) is 0. The SMILES string of the molecule is CCCCCCCCCCCCCCC(=O)OC[C@H](COP(=O)(O)OC[C@@H](O)COP(=O)(O)OC[C@@H](COC(=O)CCCCCCC)OC(=O)CCCCCCCCCC(C)C)OC(=O)CCCCCCCCCCCCC(C)CC. The molecule has 0 aromatic heterocycles. The normalized spacial score (nSPS) is 14.7. The molecule has 0 aliphatic carbocycles. The maximum atomic E-state index is 13.0. The molecule has 3 unspecified atom stereocenters. The van der Waals surface area contributed by atoms with Crippen molar-refractivity contribution in [3.63, 3.8) is 0 Å². The van der Waals surface area contributed by atoms with Crippen LogP contribution in [0.3, 0.4) is 0 Å². The van der Waals surface area contributed by atoms with Crippen LogP contribution < -0.4 is 0 Å². The molecule has 480 valence electrons. The van der Waals surface area contributed by atoms with E-state index in [4.69, 9.17) is 37.0 Å². The van der Waals surface area contributed by atoms with Crippen LogP contribution in [-0.2, 0) is 65.4 Å². The number of rotatable bonds is 61. The number of phosphoric ester groups is 2. The van der Waals surface area contributed by atoms with Gasteiger partial charge in [0.15, 0.2) is 12.2 Å². The molecule has 19 heteroatoms. The zero-order valence-electron chi connectivity index (χ0n) is 52.1. The Morgan fingerprint density at radius 2 is 0.630 bits per heavy atom. The zero-order valence-corrected chi connectivity index (χ0v) is 53.9. The molecular weight excluding hydrogens is 1080 g/mol. The summed E-state index contributed by atoms with van der Waals surface area (Å²) in [6.45, 7) is 9.35. The minimum absolute atomic E-state index is 0.102. The minimum Gasteiger partial charge on any atom is -0.462 e. The van der Waals surface area contributed by atoms with E-state index in [0.29, 0.717) is 31.6 Å². The zero-order chi connectivity index (χ0) is 60.1. The van der Waals surface area contributed by atoms with Gasteiger partial charge in [0.1, 0.15) is 19.3 Å². The summed E-state index contributed by atoms with van der Waals surface area (Å²) >= 11 is 0. The summed E-state index contributed by atoms with van der Waals surface area (Å²) in [7, 11) is -9.87. The summed E-state index contributed by atoms with van der Waals surface area (Å²) < 4.78 is 67.7. The number of esters is 4. The molecule has 81 heavy (non-hydrogen) atoms. The van der Waals surface area contributed by atoms with Gasteiger partial charge in [-0.3, -0.25) is 37.3 Å². The molecule has 0 aromatic carbocycles. The van der Waals surface area contributed by atoms with Gasteiger partial charge < -0.3 is 33.8 Å². The number of carbonyl (C=O) groups is 4. The molecule has 0 radical (unpaired) electrons. The first-order valence-electron chi connectivity index (χ1n) is 32.5. The van der Waals surface area contributed by atoms with Gasteiger partial charge in [0.05, 0.1) is 26.4 Å². The molecule has 17 nitrogen and oxygen atoms in total. The fourth-order valence-corrected chi connectivity index (χ4v) is 10.7. The van der Waals surface area contributed by atoms with Crippen molar-refractivity contribution in [3.8, 4) is 0 Å². The number of hydrogen-bond acceptors (Lipinski definition) is 15. The van der Waals surface area contributed by atoms with Gasteiger partial charge in [0.25, 0.3) is 0 Å². The third-order valence-electron chi connectivity index (χ3n) is 14.6. The number of phosphoric acid groups is 2. The molecule has 0 aliphatic rings. The molecule has 0 rings (SSSR count). The van der Waals surface area contributed by atoms with Crippen molar-refractivity contribution in [2.24, 2.45) is 11.8 Å². The highest BCUT2D eigenvalue weighted by Gasteiger charge is 2.30. The molecule has 0 aliphatic heterocycles. The molecule has 0 bridgehead atoms. The van der Waals surface area contributed by atoms with Crippen molar-refractivity contribution >= 4 is 39.5 Å². The maximum absolute atomic E-state index is 13.0. The Morgan fingerprint density at radius 1 is 0.358 bits per heavy atom. The largest absolute Gasteiger partial charge is 0.472 e. The highest BCUT2D eigenvalue weighted by Crippen LogP contribution is 2.45. The summed E-state index contributed by atoms with van der Waals surface area (Å²) in [4.78, 5) is 71.9. The molecule has 0 fully saturated rings. The number of aliphatic hydroxyl groups excluding tert-OH is 1. The number of aliphatic hydroxyl groups is 1. The van der Waals surface area contributed by atoms with Crippen LogP contribution in [-0.4, -0.2) is 96.7 Å². The summed E-state index contributed by atoms with van der Waals surface area (Å²) in [6, 6.07) is 0. The van der Waals surface area contributed by atoms with Crippen molar-refractivity contribution in [2.75, 3.05) is 39.6 Å². The van der Waals surface area contributed by atoms with Crippen molar-refractivity contribution in [3.05, 3.63) is 0 Å². The van der Waals surface area contributed by atoms with Crippen LogP contribution in [0.1, 0.15) is 305 Å². The summed E-state index contributed by atoms with van der Waals surface area (Å²) in [6.07, 6.45) is 36.5. The van der Waals surface area contributed by atoms with Gasteiger partial charge in [-0.25, -0.2) is 9.13 Å². The molecule has 3 N–H and O–H groups in total. The van der Waals surface area contributed by atoms with Crippen LogP contribution >= 0.6 is 15.6 Å². The predicted octanol–water partition coefficient (Wildman–Crippen LogP) is 16.9. The first-order valence-corrected chi connectivity index (χ1v) is 35.5. The first-order chi connectivity index (χ1) is 38.9. The first kappa shape index (κ1) is 79.1. The van der Waals surface area contributed by atoms with Crippen LogP contribution in [0.5, 0.6) is 0 Å². The number of carbonyl (C=O) groups excluding carboxylic acids is 4. The third kappa shape index (κ3) is 55.7. The van der Waals surface area contributed by atoms with Gasteiger partial charge >= 0.3 is 39.5 Å². The smallest absolute Gasteiger partial charge is 0.462 e. The van der Waals surface area contributed by atoms with E-state index in [-0.39, 0.29) is 25.7 Å². The lowest BCUT2D eigenvalue weighted by molar-refractivity contribution is -0.161. The predicted molar refractivity (Wildman–Crippen MR) is 321 cm³/mol. The van der Waals surface area contributed by atoms with Gasteiger partial charge in [-0.05, 0) is 37.5 Å². The number of ether oxygens (including phenoxy) is 4. The van der Waals surface area contributed by atoms with E-state index in [0.717, 1.165) is 102 Å². The Morgan fingerprint density at radius 3 is 0.938 bits per heavy atom. The van der Waals surface area contributed by atoms with Crippen LogP contribution in [0.4, 0.5) is 0 Å². The molecule has 0 saturated heterocycles. The van der Waals surface area contributed by atoms with Gasteiger partial charge in [0.2, 0.25) is 0 Å². The third-order valence-corrected chi connectivity index (χ3v) is 16.5. The lowest BCUT2D eigenvalue weighted by atomic mass is 9.99. The minimum atomic E-state index is -4.94.